The molecule has 0 bridgehead atoms. The summed E-state index contributed by atoms with van der Waals surface area (Å²) in [4.78, 5) is 35.4. The van der Waals surface area contributed by atoms with Crippen LogP contribution in [0.25, 0.3) is 0 Å². The van der Waals surface area contributed by atoms with Gasteiger partial charge in [-0.25, -0.2) is 0 Å². The molecule has 1 aromatic heterocycles. The summed E-state index contributed by atoms with van der Waals surface area (Å²) in [6.07, 6.45) is 0. The summed E-state index contributed by atoms with van der Waals surface area (Å²) in [7, 11) is 0. The normalized spacial score (nSPS) is 11.4. The molecule has 1 rings (SSSR count). The Labute approximate surface area is 84.6 Å². The van der Waals surface area contributed by atoms with Crippen molar-refractivity contribution >= 4 is 17.1 Å². The van der Waals surface area contributed by atoms with E-state index in [0.717, 1.165) is 11.3 Å². The topological polar surface area (TPSA) is 67.0 Å². The first-order valence-electron chi connectivity index (χ1n) is 4.10. The number of ketones is 1. The molecule has 4 nitrogen and oxygen atoms in total. The highest BCUT2D eigenvalue weighted by Gasteiger charge is 2.24. The minimum absolute atomic E-state index is 0.189. The molecule has 0 spiro atoms. The minimum atomic E-state index is -0.573. The summed E-state index contributed by atoms with van der Waals surface area (Å²) in [5, 5.41) is 0. The van der Waals surface area contributed by atoms with E-state index in [9.17, 15) is 14.4 Å². The summed E-state index contributed by atoms with van der Waals surface area (Å²) >= 11 is 0.766. The van der Waals surface area contributed by atoms with Crippen LogP contribution in [0, 0.1) is 5.41 Å². The van der Waals surface area contributed by atoms with Gasteiger partial charge >= 0.3 is 4.87 Å². The first-order chi connectivity index (χ1) is 6.30. The van der Waals surface area contributed by atoms with Gasteiger partial charge in [-0.3, -0.25) is 19.4 Å². The third kappa shape index (κ3) is 2.38. The van der Waals surface area contributed by atoms with Crippen LogP contribution in [0.2, 0.25) is 0 Å². The Morgan fingerprint density at radius 3 is 2.36 bits per heavy atom. The summed E-state index contributed by atoms with van der Waals surface area (Å²) in [5.41, 5.74) is -1.10. The predicted molar refractivity (Wildman–Crippen MR) is 55.0 cm³/mol. The molecule has 0 aliphatic rings. The lowest BCUT2D eigenvalue weighted by Gasteiger charge is -2.14. The lowest BCUT2D eigenvalue weighted by Crippen LogP contribution is -2.24. The number of carbonyl (C=O) groups excluding carboxylic acids is 1. The molecule has 0 aliphatic heterocycles. The van der Waals surface area contributed by atoms with Crippen molar-refractivity contribution < 1.29 is 4.79 Å². The number of carbonyl (C=O) groups is 1. The zero-order chi connectivity index (χ0) is 10.9. The van der Waals surface area contributed by atoms with Gasteiger partial charge < -0.3 is 0 Å². The number of H-pyrrole nitrogens is 1. The lowest BCUT2D eigenvalue weighted by molar-refractivity contribution is 0.0862. The smallest absolute Gasteiger partial charge is 0.293 e. The lowest BCUT2D eigenvalue weighted by atomic mass is 9.90. The van der Waals surface area contributed by atoms with Gasteiger partial charge in [0.2, 0.25) is 0 Å². The van der Waals surface area contributed by atoms with E-state index in [2.05, 4.69) is 4.98 Å². The standard InChI is InChI=1S/C9H11NO3S/c1-9(2,3)7(12)5-4-6(11)10-8(13)14-5/h4H,1-3H3,(H,10,11,13). The number of aromatic nitrogens is 1. The Morgan fingerprint density at radius 1 is 1.36 bits per heavy atom. The van der Waals surface area contributed by atoms with Crippen LogP contribution in [0.3, 0.4) is 0 Å². The third-order valence-electron chi connectivity index (χ3n) is 1.60. The monoisotopic (exact) mass is 213 g/mol. The van der Waals surface area contributed by atoms with Crippen molar-refractivity contribution in [3.05, 3.63) is 31.0 Å². The molecular formula is C9H11NO3S. The van der Waals surface area contributed by atoms with Crippen molar-refractivity contribution in [2.45, 2.75) is 20.8 Å². The Morgan fingerprint density at radius 2 is 1.93 bits per heavy atom. The molecule has 0 atom stereocenters. The summed E-state index contributed by atoms with van der Waals surface area (Å²) in [5.74, 6) is -0.189. The van der Waals surface area contributed by atoms with E-state index >= 15 is 0 Å². The zero-order valence-electron chi connectivity index (χ0n) is 8.21. The second kappa shape index (κ2) is 3.49. The van der Waals surface area contributed by atoms with Crippen LogP contribution in [-0.2, 0) is 0 Å². The van der Waals surface area contributed by atoms with Crippen molar-refractivity contribution in [3.63, 3.8) is 0 Å². The van der Waals surface area contributed by atoms with Crippen LogP contribution in [0.5, 0.6) is 0 Å². The Bertz CT molecular complexity index is 436. The number of rotatable bonds is 1. The molecule has 14 heavy (non-hydrogen) atoms. The first kappa shape index (κ1) is 10.8. The number of Topliss-reactive ketones (excluding diaryl/α,β-unsaturated/α-hetero) is 1. The van der Waals surface area contributed by atoms with Gasteiger partial charge in [-0.15, -0.1) is 0 Å². The molecule has 0 radical (unpaired) electrons. The van der Waals surface area contributed by atoms with Crippen LogP contribution in [-0.4, -0.2) is 10.8 Å². The summed E-state index contributed by atoms with van der Waals surface area (Å²) < 4.78 is 0. The predicted octanol–water partition coefficient (Wildman–Crippen LogP) is 1.03. The molecule has 0 fully saturated rings. The maximum absolute atomic E-state index is 11.7. The van der Waals surface area contributed by atoms with E-state index in [1.165, 1.54) is 6.07 Å². The van der Waals surface area contributed by atoms with Crippen molar-refractivity contribution in [1.82, 2.24) is 4.98 Å². The Balaban J connectivity index is 3.28. The second-order valence-corrected chi connectivity index (χ2v) is 4.98. The van der Waals surface area contributed by atoms with Gasteiger partial charge in [0, 0.05) is 11.5 Å². The van der Waals surface area contributed by atoms with Crippen LogP contribution < -0.4 is 10.4 Å². The van der Waals surface area contributed by atoms with Crippen molar-refractivity contribution in [3.8, 4) is 0 Å². The van der Waals surface area contributed by atoms with E-state index in [-0.39, 0.29) is 10.7 Å². The first-order valence-corrected chi connectivity index (χ1v) is 4.91. The molecule has 1 N–H and O–H groups in total. The van der Waals surface area contributed by atoms with Crippen LogP contribution >= 0.6 is 11.3 Å². The fourth-order valence-corrected chi connectivity index (χ4v) is 1.81. The molecule has 0 aliphatic carbocycles. The number of aromatic amines is 1. The highest BCUT2D eigenvalue weighted by Crippen LogP contribution is 2.20. The largest absolute Gasteiger partial charge is 0.307 e. The molecule has 0 aromatic carbocycles. The highest BCUT2D eigenvalue weighted by atomic mass is 32.1. The maximum Gasteiger partial charge on any atom is 0.307 e. The van der Waals surface area contributed by atoms with Gasteiger partial charge in [0.15, 0.2) is 5.78 Å². The fraction of sp³-hybridized carbons (Fsp3) is 0.444. The van der Waals surface area contributed by atoms with E-state index in [1.807, 2.05) is 0 Å². The van der Waals surface area contributed by atoms with Gasteiger partial charge in [-0.1, -0.05) is 32.1 Å². The van der Waals surface area contributed by atoms with Gasteiger partial charge in [0.1, 0.15) is 0 Å². The summed E-state index contributed by atoms with van der Waals surface area (Å²) in [6, 6.07) is 1.17. The van der Waals surface area contributed by atoms with Crippen LogP contribution in [0.15, 0.2) is 15.7 Å². The van der Waals surface area contributed by atoms with E-state index in [4.69, 9.17) is 0 Å². The third-order valence-corrected chi connectivity index (χ3v) is 2.41. The molecule has 0 unspecified atom stereocenters. The van der Waals surface area contributed by atoms with E-state index < -0.39 is 15.8 Å². The molecule has 5 heteroatoms. The van der Waals surface area contributed by atoms with Gasteiger partial charge in [0.05, 0.1) is 4.88 Å². The zero-order valence-corrected chi connectivity index (χ0v) is 9.03. The van der Waals surface area contributed by atoms with Crippen LogP contribution in [0.4, 0.5) is 0 Å². The minimum Gasteiger partial charge on any atom is -0.293 e. The number of hydrogen-bond donors (Lipinski definition) is 1. The number of hydrogen-bond acceptors (Lipinski definition) is 4. The fourth-order valence-electron chi connectivity index (χ4n) is 0.892. The molecule has 76 valence electrons. The molecular weight excluding hydrogens is 202 g/mol. The number of nitrogens with one attached hydrogen (secondary N) is 1. The van der Waals surface area contributed by atoms with Crippen molar-refractivity contribution in [1.29, 1.82) is 0 Å². The van der Waals surface area contributed by atoms with E-state index in [0.29, 0.717) is 0 Å². The van der Waals surface area contributed by atoms with Crippen molar-refractivity contribution in [2.24, 2.45) is 5.41 Å². The maximum atomic E-state index is 11.7. The molecule has 1 aromatic rings. The molecule has 0 amide bonds. The van der Waals surface area contributed by atoms with Crippen molar-refractivity contribution in [2.75, 3.05) is 0 Å². The Kier molecular flexibility index (Phi) is 2.71. The van der Waals surface area contributed by atoms with Gasteiger partial charge in [-0.2, -0.15) is 0 Å². The molecule has 1 heterocycles. The molecule has 0 saturated carbocycles. The summed E-state index contributed by atoms with van der Waals surface area (Å²) in [6.45, 7) is 5.23. The second-order valence-electron chi connectivity index (χ2n) is 3.97. The quantitative estimate of drug-likeness (QED) is 0.708. The van der Waals surface area contributed by atoms with E-state index in [1.54, 1.807) is 20.8 Å². The van der Waals surface area contributed by atoms with Gasteiger partial charge in [0.25, 0.3) is 5.56 Å². The SMILES string of the molecule is CC(C)(C)C(=O)c1cc(=O)[nH]c(=O)s1. The van der Waals surface area contributed by atoms with Crippen LogP contribution in [0.1, 0.15) is 30.4 Å². The average Bonchev–Trinajstić information content (AvgIpc) is 1.99. The Hall–Kier alpha value is -1.23. The molecule has 0 saturated heterocycles. The average molecular weight is 213 g/mol. The highest BCUT2D eigenvalue weighted by molar-refractivity contribution is 7.11. The van der Waals surface area contributed by atoms with Gasteiger partial charge in [-0.05, 0) is 0 Å².